The summed E-state index contributed by atoms with van der Waals surface area (Å²) in [4.78, 5) is 4.17. The molecule has 2 nitrogen and oxygen atoms in total. The molecule has 0 saturated carbocycles. The molecule has 1 unspecified atom stereocenters. The molecule has 3 heteroatoms. The first kappa shape index (κ1) is 12.8. The van der Waals surface area contributed by atoms with E-state index in [1.54, 1.807) is 24.5 Å². The summed E-state index contributed by atoms with van der Waals surface area (Å²) in [5.74, 6) is -0.268. The Morgan fingerprint density at radius 3 is 2.55 bits per heavy atom. The molecule has 20 heavy (non-hydrogen) atoms. The quantitative estimate of drug-likeness (QED) is 0.785. The summed E-state index contributed by atoms with van der Waals surface area (Å²) in [5.41, 5.74) is 1.69. The van der Waals surface area contributed by atoms with Gasteiger partial charge >= 0.3 is 0 Å². The molecule has 0 radical (unpaired) electrons. The molecule has 0 bridgehead atoms. The molecular weight excluding hydrogens is 253 g/mol. The molecule has 2 aromatic carbocycles. The number of aliphatic hydroxyl groups is 1. The topological polar surface area (TPSA) is 33.1 Å². The molecule has 3 rings (SSSR count). The van der Waals surface area contributed by atoms with Crippen LogP contribution in [0.4, 0.5) is 4.39 Å². The Labute approximate surface area is 116 Å². The van der Waals surface area contributed by atoms with Crippen molar-refractivity contribution in [3.05, 3.63) is 77.9 Å². The monoisotopic (exact) mass is 267 g/mol. The molecule has 1 atom stereocenters. The lowest BCUT2D eigenvalue weighted by atomic mass is 9.98. The van der Waals surface area contributed by atoms with Gasteiger partial charge in [0.05, 0.1) is 6.10 Å². The minimum Gasteiger partial charge on any atom is -0.388 e. The molecule has 0 fully saturated rings. The lowest BCUT2D eigenvalue weighted by Gasteiger charge is -2.13. The maximum Gasteiger partial charge on any atom is 0.123 e. The smallest absolute Gasteiger partial charge is 0.123 e. The number of halogens is 1. The van der Waals surface area contributed by atoms with Gasteiger partial charge in [-0.25, -0.2) is 4.39 Å². The van der Waals surface area contributed by atoms with Crippen molar-refractivity contribution in [3.63, 3.8) is 0 Å². The Morgan fingerprint density at radius 2 is 1.75 bits per heavy atom. The molecule has 3 aromatic rings. The minimum atomic E-state index is -0.654. The van der Waals surface area contributed by atoms with Crippen molar-refractivity contribution in [2.45, 2.75) is 12.5 Å². The second-order valence-electron chi connectivity index (χ2n) is 4.80. The maximum absolute atomic E-state index is 12.9. The highest BCUT2D eigenvalue weighted by Crippen LogP contribution is 2.25. The van der Waals surface area contributed by atoms with Crippen molar-refractivity contribution >= 4 is 10.8 Å². The lowest BCUT2D eigenvalue weighted by molar-refractivity contribution is 0.179. The third kappa shape index (κ3) is 2.53. The first-order valence-corrected chi connectivity index (χ1v) is 6.49. The molecule has 0 amide bonds. The highest BCUT2D eigenvalue weighted by atomic mass is 19.1. The molecule has 0 spiro atoms. The summed E-state index contributed by atoms with van der Waals surface area (Å²) in [7, 11) is 0. The summed E-state index contributed by atoms with van der Waals surface area (Å²) in [6.07, 6.45) is 3.26. The van der Waals surface area contributed by atoms with Crippen LogP contribution in [0.5, 0.6) is 0 Å². The molecule has 0 saturated heterocycles. The van der Waals surface area contributed by atoms with Gasteiger partial charge in [-0.05, 0) is 23.1 Å². The van der Waals surface area contributed by atoms with Crippen LogP contribution in [0, 0.1) is 5.82 Å². The van der Waals surface area contributed by atoms with Gasteiger partial charge in [-0.2, -0.15) is 0 Å². The van der Waals surface area contributed by atoms with E-state index in [1.807, 2.05) is 24.3 Å². The first-order valence-electron chi connectivity index (χ1n) is 6.49. The Hall–Kier alpha value is -2.26. The molecular formula is C17H14FNO. The van der Waals surface area contributed by atoms with Gasteiger partial charge in [0.25, 0.3) is 0 Å². The first-order chi connectivity index (χ1) is 9.74. The third-order valence-corrected chi connectivity index (χ3v) is 3.40. The number of fused-ring (bicyclic) bond motifs is 1. The van der Waals surface area contributed by atoms with Crippen molar-refractivity contribution in [2.75, 3.05) is 0 Å². The van der Waals surface area contributed by atoms with E-state index in [0.29, 0.717) is 6.42 Å². The largest absolute Gasteiger partial charge is 0.388 e. The van der Waals surface area contributed by atoms with Crippen molar-refractivity contribution in [1.29, 1.82) is 0 Å². The van der Waals surface area contributed by atoms with Crippen LogP contribution in [0.15, 0.2) is 60.9 Å². The van der Waals surface area contributed by atoms with Crippen LogP contribution in [0.2, 0.25) is 0 Å². The summed E-state index contributed by atoms with van der Waals surface area (Å²) < 4.78 is 12.9. The zero-order valence-electron chi connectivity index (χ0n) is 10.8. The van der Waals surface area contributed by atoms with Crippen LogP contribution >= 0.6 is 0 Å². The summed E-state index contributed by atoms with van der Waals surface area (Å²) >= 11 is 0. The van der Waals surface area contributed by atoms with Crippen LogP contribution in [-0.4, -0.2) is 10.1 Å². The van der Waals surface area contributed by atoms with Gasteiger partial charge in [-0.15, -0.1) is 0 Å². The number of aromatic nitrogens is 1. The molecule has 1 aromatic heterocycles. The fourth-order valence-electron chi connectivity index (χ4n) is 2.36. The molecule has 0 aliphatic carbocycles. The van der Waals surface area contributed by atoms with Crippen molar-refractivity contribution in [2.24, 2.45) is 0 Å². The van der Waals surface area contributed by atoms with E-state index in [4.69, 9.17) is 0 Å². The molecule has 0 aliphatic heterocycles. The number of pyridine rings is 1. The standard InChI is InChI=1S/C17H14FNO/c18-14-7-5-12(6-8-14)9-17(20)16-11-19-10-13-3-1-2-4-15(13)16/h1-8,10-11,17,20H,9H2. The van der Waals surface area contributed by atoms with E-state index >= 15 is 0 Å². The predicted molar refractivity (Wildman–Crippen MR) is 76.8 cm³/mol. The SMILES string of the molecule is OC(Cc1ccc(F)cc1)c1cncc2ccccc12. The van der Waals surface area contributed by atoms with Crippen molar-refractivity contribution in [3.8, 4) is 0 Å². The zero-order chi connectivity index (χ0) is 13.9. The van der Waals surface area contributed by atoms with Gasteiger partial charge in [0.2, 0.25) is 0 Å². The molecule has 1 N–H and O–H groups in total. The number of nitrogens with zero attached hydrogens (tertiary/aromatic N) is 1. The fraction of sp³-hybridized carbons (Fsp3) is 0.118. The van der Waals surface area contributed by atoms with Gasteiger partial charge in [-0.1, -0.05) is 36.4 Å². The fourth-order valence-corrected chi connectivity index (χ4v) is 2.36. The number of aliphatic hydroxyl groups excluding tert-OH is 1. The van der Waals surface area contributed by atoms with E-state index in [2.05, 4.69) is 4.98 Å². The van der Waals surface area contributed by atoms with E-state index in [1.165, 1.54) is 12.1 Å². The second kappa shape index (κ2) is 5.39. The molecule has 100 valence electrons. The van der Waals surface area contributed by atoms with Gasteiger partial charge in [-0.3, -0.25) is 4.98 Å². The van der Waals surface area contributed by atoms with Gasteiger partial charge in [0.15, 0.2) is 0 Å². The number of benzene rings is 2. The average Bonchev–Trinajstić information content (AvgIpc) is 2.49. The summed E-state index contributed by atoms with van der Waals surface area (Å²) in [6, 6.07) is 14.0. The Bertz CT molecular complexity index is 719. The molecule has 0 aliphatic rings. The second-order valence-corrected chi connectivity index (χ2v) is 4.80. The Kier molecular flexibility index (Phi) is 3.44. The van der Waals surface area contributed by atoms with Crippen LogP contribution in [0.3, 0.4) is 0 Å². The maximum atomic E-state index is 12.9. The van der Waals surface area contributed by atoms with Crippen molar-refractivity contribution in [1.82, 2.24) is 4.98 Å². The van der Waals surface area contributed by atoms with Crippen LogP contribution < -0.4 is 0 Å². The Morgan fingerprint density at radius 1 is 1.00 bits per heavy atom. The summed E-state index contributed by atoms with van der Waals surface area (Å²) in [5, 5.41) is 12.4. The third-order valence-electron chi connectivity index (χ3n) is 3.40. The average molecular weight is 267 g/mol. The number of hydrogen-bond acceptors (Lipinski definition) is 2. The highest BCUT2D eigenvalue weighted by Gasteiger charge is 2.12. The minimum absolute atomic E-state index is 0.268. The van der Waals surface area contributed by atoms with Gasteiger partial charge in [0.1, 0.15) is 5.82 Å². The molecule has 1 heterocycles. The van der Waals surface area contributed by atoms with E-state index < -0.39 is 6.10 Å². The zero-order valence-corrected chi connectivity index (χ0v) is 10.8. The van der Waals surface area contributed by atoms with E-state index in [-0.39, 0.29) is 5.82 Å². The Balaban J connectivity index is 1.92. The van der Waals surface area contributed by atoms with E-state index in [9.17, 15) is 9.50 Å². The number of rotatable bonds is 3. The van der Waals surface area contributed by atoms with Gasteiger partial charge in [0, 0.05) is 29.8 Å². The van der Waals surface area contributed by atoms with Crippen molar-refractivity contribution < 1.29 is 9.50 Å². The predicted octanol–water partition coefficient (Wildman–Crippen LogP) is 3.65. The van der Waals surface area contributed by atoms with E-state index in [0.717, 1.165) is 21.9 Å². The lowest BCUT2D eigenvalue weighted by Crippen LogP contribution is -2.03. The van der Waals surface area contributed by atoms with Crippen LogP contribution in [0.1, 0.15) is 17.2 Å². The highest BCUT2D eigenvalue weighted by molar-refractivity contribution is 5.84. The van der Waals surface area contributed by atoms with Crippen LogP contribution in [-0.2, 0) is 6.42 Å². The van der Waals surface area contributed by atoms with Crippen LogP contribution in [0.25, 0.3) is 10.8 Å². The normalized spacial score (nSPS) is 12.5. The van der Waals surface area contributed by atoms with Gasteiger partial charge < -0.3 is 5.11 Å². The summed E-state index contributed by atoms with van der Waals surface area (Å²) in [6.45, 7) is 0. The number of hydrogen-bond donors (Lipinski definition) is 1.